The molecule has 3 heterocycles. The molecule has 1 aromatic carbocycles. The third kappa shape index (κ3) is 5.87. The smallest absolute Gasteiger partial charge is 0.119 e. The molecule has 0 aliphatic carbocycles. The van der Waals surface area contributed by atoms with Crippen LogP contribution in [0.15, 0.2) is 48.9 Å². The predicted octanol–water partition coefficient (Wildman–Crippen LogP) is 4.81. The van der Waals surface area contributed by atoms with Crippen molar-refractivity contribution < 1.29 is 14.9 Å². The SMILES string of the molecule is COc1ccc2ncc(Cl)c([C@H](O)CCC3(CO)CCN(CCCc4cccnc4)CC3)c2c1. The van der Waals surface area contributed by atoms with Crippen LogP contribution in [0.25, 0.3) is 10.9 Å². The summed E-state index contributed by atoms with van der Waals surface area (Å²) in [4.78, 5) is 11.1. The van der Waals surface area contributed by atoms with Crippen molar-refractivity contribution in [3.8, 4) is 5.75 Å². The minimum absolute atomic E-state index is 0.141. The summed E-state index contributed by atoms with van der Waals surface area (Å²) in [5, 5.41) is 22.7. The number of aliphatic hydroxyl groups excluding tert-OH is 2. The van der Waals surface area contributed by atoms with Crippen molar-refractivity contribution in [3.05, 3.63) is 65.1 Å². The summed E-state index contributed by atoms with van der Waals surface area (Å²) in [5.74, 6) is 0.702. The van der Waals surface area contributed by atoms with Gasteiger partial charge in [-0.15, -0.1) is 0 Å². The number of nitrogens with zero attached hydrogens (tertiary/aromatic N) is 3. The number of likely N-dealkylation sites (tertiary alicyclic amines) is 1. The van der Waals surface area contributed by atoms with Gasteiger partial charge in [0.25, 0.3) is 0 Å². The molecule has 6 nitrogen and oxygen atoms in total. The van der Waals surface area contributed by atoms with E-state index < -0.39 is 6.10 Å². The van der Waals surface area contributed by atoms with E-state index in [1.807, 2.05) is 36.7 Å². The Labute approximate surface area is 206 Å². The van der Waals surface area contributed by atoms with E-state index in [9.17, 15) is 10.2 Å². The summed E-state index contributed by atoms with van der Waals surface area (Å²) < 4.78 is 5.36. The molecule has 7 heteroatoms. The molecule has 0 bridgehead atoms. The minimum atomic E-state index is -0.731. The number of rotatable bonds is 10. The van der Waals surface area contributed by atoms with Crippen molar-refractivity contribution in [2.45, 2.75) is 44.6 Å². The van der Waals surface area contributed by atoms with Gasteiger partial charge in [0.1, 0.15) is 5.75 Å². The first-order valence-corrected chi connectivity index (χ1v) is 12.4. The van der Waals surface area contributed by atoms with Crippen LogP contribution in [-0.2, 0) is 6.42 Å². The Morgan fingerprint density at radius 1 is 1.21 bits per heavy atom. The highest BCUT2D eigenvalue weighted by Crippen LogP contribution is 2.40. The van der Waals surface area contributed by atoms with Gasteiger partial charge in [0.15, 0.2) is 0 Å². The fourth-order valence-corrected chi connectivity index (χ4v) is 5.29. The second-order valence-corrected chi connectivity index (χ2v) is 9.83. The molecule has 0 unspecified atom stereocenters. The molecule has 0 amide bonds. The molecule has 1 saturated heterocycles. The number of methoxy groups -OCH3 is 1. The topological polar surface area (TPSA) is 78.7 Å². The second-order valence-electron chi connectivity index (χ2n) is 9.42. The van der Waals surface area contributed by atoms with Gasteiger partial charge in [-0.2, -0.15) is 0 Å². The molecule has 1 fully saturated rings. The number of hydrogen-bond acceptors (Lipinski definition) is 6. The fraction of sp³-hybridized carbons (Fsp3) is 0.481. The van der Waals surface area contributed by atoms with Gasteiger partial charge in [-0.3, -0.25) is 9.97 Å². The molecule has 0 saturated carbocycles. The van der Waals surface area contributed by atoms with Crippen molar-refractivity contribution in [1.29, 1.82) is 0 Å². The Morgan fingerprint density at radius 2 is 2.03 bits per heavy atom. The molecule has 1 atom stereocenters. The van der Waals surface area contributed by atoms with E-state index in [-0.39, 0.29) is 12.0 Å². The fourth-order valence-electron chi connectivity index (χ4n) is 5.01. The number of aliphatic hydroxyl groups is 2. The van der Waals surface area contributed by atoms with Crippen LogP contribution in [0.3, 0.4) is 0 Å². The number of halogens is 1. The maximum atomic E-state index is 11.1. The molecule has 0 radical (unpaired) electrons. The van der Waals surface area contributed by atoms with E-state index in [4.69, 9.17) is 16.3 Å². The highest BCUT2D eigenvalue weighted by molar-refractivity contribution is 6.32. The zero-order valence-corrected chi connectivity index (χ0v) is 20.5. The number of fused-ring (bicyclic) bond motifs is 1. The number of piperidine rings is 1. The maximum Gasteiger partial charge on any atom is 0.119 e. The summed E-state index contributed by atoms with van der Waals surface area (Å²) >= 11 is 6.47. The van der Waals surface area contributed by atoms with E-state index >= 15 is 0 Å². The number of benzene rings is 1. The molecule has 2 N–H and O–H groups in total. The first-order chi connectivity index (χ1) is 16.5. The Hall–Kier alpha value is -2.25. The Morgan fingerprint density at radius 3 is 2.74 bits per heavy atom. The first-order valence-electron chi connectivity index (χ1n) is 12.1. The van der Waals surface area contributed by atoms with Crippen molar-refractivity contribution in [2.24, 2.45) is 5.41 Å². The Kier molecular flexibility index (Phi) is 8.37. The molecular weight excluding hydrogens is 450 g/mol. The van der Waals surface area contributed by atoms with Crippen molar-refractivity contribution >= 4 is 22.5 Å². The van der Waals surface area contributed by atoms with E-state index in [2.05, 4.69) is 20.9 Å². The summed E-state index contributed by atoms with van der Waals surface area (Å²) in [6, 6.07) is 9.71. The van der Waals surface area contributed by atoms with Gasteiger partial charge < -0.3 is 19.8 Å². The molecular formula is C27H34ClN3O3. The lowest BCUT2D eigenvalue weighted by Crippen LogP contribution is -2.42. The largest absolute Gasteiger partial charge is 0.497 e. The van der Waals surface area contributed by atoms with Crippen LogP contribution in [-0.4, -0.2) is 58.4 Å². The van der Waals surface area contributed by atoms with E-state index in [1.165, 1.54) is 5.56 Å². The van der Waals surface area contributed by atoms with Crippen molar-refractivity contribution in [1.82, 2.24) is 14.9 Å². The number of aromatic nitrogens is 2. The van der Waals surface area contributed by atoms with Gasteiger partial charge in [0.05, 0.1) is 23.8 Å². The third-order valence-corrected chi connectivity index (χ3v) is 7.57. The summed E-state index contributed by atoms with van der Waals surface area (Å²) in [5.41, 5.74) is 2.58. The van der Waals surface area contributed by atoms with E-state index in [0.717, 1.165) is 62.6 Å². The molecule has 2 aromatic heterocycles. The molecule has 4 rings (SSSR count). The van der Waals surface area contributed by atoms with Crippen molar-refractivity contribution in [3.63, 3.8) is 0 Å². The zero-order valence-electron chi connectivity index (χ0n) is 19.8. The van der Waals surface area contributed by atoms with Gasteiger partial charge >= 0.3 is 0 Å². The Bertz CT molecular complexity index is 1070. The molecule has 1 aliphatic heterocycles. The van der Waals surface area contributed by atoms with Crippen LogP contribution in [0.1, 0.15) is 49.3 Å². The average molecular weight is 484 g/mol. The highest BCUT2D eigenvalue weighted by Gasteiger charge is 2.34. The van der Waals surface area contributed by atoms with E-state index in [0.29, 0.717) is 22.8 Å². The molecule has 182 valence electrons. The predicted molar refractivity (Wildman–Crippen MR) is 135 cm³/mol. The Balaban J connectivity index is 1.34. The van der Waals surface area contributed by atoms with Crippen LogP contribution in [0.2, 0.25) is 5.02 Å². The quantitative estimate of drug-likeness (QED) is 0.430. The lowest BCUT2D eigenvalue weighted by molar-refractivity contribution is 0.0234. The van der Waals surface area contributed by atoms with Gasteiger partial charge in [0.2, 0.25) is 0 Å². The van der Waals surface area contributed by atoms with Gasteiger partial charge in [0, 0.05) is 36.1 Å². The lowest BCUT2D eigenvalue weighted by atomic mass is 9.74. The van der Waals surface area contributed by atoms with E-state index in [1.54, 1.807) is 13.3 Å². The normalized spacial score (nSPS) is 17.1. The molecule has 0 spiro atoms. The van der Waals surface area contributed by atoms with Gasteiger partial charge in [-0.25, -0.2) is 0 Å². The second kappa shape index (κ2) is 11.5. The summed E-state index contributed by atoms with van der Waals surface area (Å²) in [6.45, 7) is 3.14. The number of hydrogen-bond donors (Lipinski definition) is 2. The first kappa shape index (κ1) is 24.9. The maximum absolute atomic E-state index is 11.1. The van der Waals surface area contributed by atoms with Crippen LogP contribution < -0.4 is 4.74 Å². The highest BCUT2D eigenvalue weighted by atomic mass is 35.5. The van der Waals surface area contributed by atoms with Crippen molar-refractivity contribution in [2.75, 3.05) is 33.4 Å². The molecule has 3 aromatic rings. The van der Waals surface area contributed by atoms with Gasteiger partial charge in [-0.1, -0.05) is 17.7 Å². The number of pyridine rings is 2. The summed E-state index contributed by atoms with van der Waals surface area (Å²) in [7, 11) is 1.62. The molecule has 34 heavy (non-hydrogen) atoms. The van der Waals surface area contributed by atoms with Crippen LogP contribution in [0, 0.1) is 5.41 Å². The average Bonchev–Trinajstić information content (AvgIpc) is 2.88. The number of aryl methyl sites for hydroxylation is 1. The van der Waals surface area contributed by atoms with Gasteiger partial charge in [-0.05, 0) is 93.4 Å². The van der Waals surface area contributed by atoms with Crippen LogP contribution in [0.5, 0.6) is 5.75 Å². The van der Waals surface area contributed by atoms with Crippen LogP contribution >= 0.6 is 11.6 Å². The standard InChI is InChI=1S/C27H34ClN3O3/c1-34-21-6-7-24-22(16-21)26(23(28)18-30-24)25(33)8-9-27(19-32)10-14-31(15-11-27)13-3-5-20-4-2-12-29-17-20/h2,4,6-7,12,16-18,25,32-33H,3,5,8-11,13-15,19H2,1H3/t25-/m1/s1. The molecule has 1 aliphatic rings. The lowest BCUT2D eigenvalue weighted by Gasteiger charge is -2.41. The zero-order chi connectivity index (χ0) is 24.0. The van der Waals surface area contributed by atoms with Crippen LogP contribution in [0.4, 0.5) is 0 Å². The summed E-state index contributed by atoms with van der Waals surface area (Å²) in [6.07, 6.45) is 9.90. The monoisotopic (exact) mass is 483 g/mol. The number of ether oxygens (including phenoxy) is 1. The minimum Gasteiger partial charge on any atom is -0.497 e. The third-order valence-electron chi connectivity index (χ3n) is 7.26.